The number of fused-ring (bicyclic) bond motifs is 1. The van der Waals surface area contributed by atoms with Crippen molar-refractivity contribution in [3.63, 3.8) is 0 Å². The van der Waals surface area contributed by atoms with Gasteiger partial charge < -0.3 is 20.3 Å². The lowest BCUT2D eigenvalue weighted by molar-refractivity contribution is -0.202. The second-order valence-corrected chi connectivity index (χ2v) is 10.3. The fourth-order valence-electron chi connectivity index (χ4n) is 7.46. The minimum absolute atomic E-state index is 0. The first-order valence-electron chi connectivity index (χ1n) is 10.7. The van der Waals surface area contributed by atoms with E-state index in [4.69, 9.17) is 15.2 Å². The van der Waals surface area contributed by atoms with E-state index in [1.807, 2.05) is 0 Å². The molecule has 30 heavy (non-hydrogen) atoms. The van der Waals surface area contributed by atoms with Crippen LogP contribution in [-0.4, -0.2) is 41.0 Å². The van der Waals surface area contributed by atoms with Gasteiger partial charge in [-0.15, -0.1) is 12.4 Å². The van der Waals surface area contributed by atoms with Crippen molar-refractivity contribution in [3.05, 3.63) is 0 Å². The van der Waals surface area contributed by atoms with Crippen LogP contribution in [0.25, 0.3) is 0 Å². The Morgan fingerprint density at radius 3 is 2.07 bits per heavy atom. The van der Waals surface area contributed by atoms with E-state index >= 15 is 0 Å². The van der Waals surface area contributed by atoms with Crippen molar-refractivity contribution in [2.75, 3.05) is 0 Å². The van der Waals surface area contributed by atoms with E-state index in [0.29, 0.717) is 17.8 Å². The summed E-state index contributed by atoms with van der Waals surface area (Å²) < 4.78 is 24.8. The maximum Gasteiger partial charge on any atom is 0.327 e. The highest BCUT2D eigenvalue weighted by molar-refractivity contribution is 5.87. The molecule has 6 rings (SSSR count). The number of alkyl halides is 1. The Bertz CT molecular complexity index is 741. The third-order valence-electron chi connectivity index (χ3n) is 8.39. The number of esters is 2. The third kappa shape index (κ3) is 3.05. The van der Waals surface area contributed by atoms with Gasteiger partial charge in [-0.3, -0.25) is 14.4 Å². The number of carbonyl (C=O) groups is 3. The molecule has 0 spiro atoms. The standard InChI is InChI=1S/C21H28FNO6.ClH/c1-9(28-17(24)15-13-5-14(22)21(23,16(13)15)18(25)26)29-19(27)20-6-10-2-11(7-20)4-12(3-10)8-20;/h9-16H,2-8,23H2,1H3,(H,25,26);1H/t9-,10?,11?,12?,13+,14+,15+,16+,20?,21+;/m1./s1. The van der Waals surface area contributed by atoms with Crippen LogP contribution >= 0.6 is 12.4 Å². The second-order valence-electron chi connectivity index (χ2n) is 10.3. The highest BCUT2D eigenvalue weighted by Gasteiger charge is 2.75. The molecule has 6 aliphatic rings. The van der Waals surface area contributed by atoms with Crippen LogP contribution in [0.15, 0.2) is 0 Å². The predicted molar refractivity (Wildman–Crippen MR) is 104 cm³/mol. The summed E-state index contributed by atoms with van der Waals surface area (Å²) in [5.74, 6) is -2.53. The minimum Gasteiger partial charge on any atom is -0.480 e. The number of aliphatic carboxylic acids is 1. The highest BCUT2D eigenvalue weighted by atomic mass is 35.5. The van der Waals surface area contributed by atoms with Crippen molar-refractivity contribution in [1.29, 1.82) is 0 Å². The van der Waals surface area contributed by atoms with E-state index in [2.05, 4.69) is 0 Å². The Morgan fingerprint density at radius 2 is 1.57 bits per heavy atom. The maximum atomic E-state index is 14.0. The van der Waals surface area contributed by atoms with Crippen LogP contribution in [0, 0.1) is 40.9 Å². The molecule has 0 amide bonds. The molecule has 0 saturated heterocycles. The molecule has 6 atom stereocenters. The Kier molecular flexibility index (Phi) is 5.13. The molecule has 0 radical (unpaired) electrons. The Morgan fingerprint density at radius 1 is 1.03 bits per heavy atom. The van der Waals surface area contributed by atoms with Gasteiger partial charge in [-0.1, -0.05) is 0 Å². The molecule has 3 N–H and O–H groups in total. The average molecular weight is 446 g/mol. The van der Waals surface area contributed by atoms with Gasteiger partial charge in [0.15, 0.2) is 0 Å². The van der Waals surface area contributed by atoms with Crippen LogP contribution in [0.5, 0.6) is 0 Å². The van der Waals surface area contributed by atoms with Gasteiger partial charge >= 0.3 is 17.9 Å². The molecule has 0 unspecified atom stereocenters. The molecule has 6 saturated carbocycles. The molecular formula is C21H29ClFNO6. The summed E-state index contributed by atoms with van der Waals surface area (Å²) in [6, 6.07) is 0. The molecule has 6 fully saturated rings. The Labute approximate surface area is 180 Å². The number of carboxylic acids is 1. The first-order valence-corrected chi connectivity index (χ1v) is 10.7. The quantitative estimate of drug-likeness (QED) is 0.493. The largest absolute Gasteiger partial charge is 0.480 e. The van der Waals surface area contributed by atoms with Crippen LogP contribution in [-0.2, 0) is 23.9 Å². The van der Waals surface area contributed by atoms with Gasteiger partial charge in [-0.25, -0.2) is 4.39 Å². The first-order chi connectivity index (χ1) is 13.6. The maximum absolute atomic E-state index is 14.0. The number of hydrogen-bond acceptors (Lipinski definition) is 6. The van der Waals surface area contributed by atoms with Crippen molar-refractivity contribution in [2.24, 2.45) is 46.7 Å². The normalized spacial score (nSPS) is 48.3. The van der Waals surface area contributed by atoms with Crippen molar-refractivity contribution >= 4 is 30.3 Å². The van der Waals surface area contributed by atoms with Crippen molar-refractivity contribution in [3.8, 4) is 0 Å². The van der Waals surface area contributed by atoms with Gasteiger partial charge in [0.25, 0.3) is 0 Å². The molecule has 0 heterocycles. The fourth-order valence-corrected chi connectivity index (χ4v) is 7.46. The molecule has 6 aliphatic carbocycles. The molecule has 0 aromatic heterocycles. The molecule has 0 aromatic carbocycles. The summed E-state index contributed by atoms with van der Waals surface area (Å²) in [5.41, 5.74) is 3.28. The molecule has 4 bridgehead atoms. The van der Waals surface area contributed by atoms with Gasteiger partial charge in [-0.2, -0.15) is 0 Å². The lowest BCUT2D eigenvalue weighted by Gasteiger charge is -2.55. The number of nitrogens with two attached hydrogens (primary N) is 1. The Hall–Kier alpha value is -1.41. The van der Waals surface area contributed by atoms with E-state index in [1.165, 1.54) is 26.2 Å². The summed E-state index contributed by atoms with van der Waals surface area (Å²) in [4.78, 5) is 36.9. The van der Waals surface area contributed by atoms with E-state index in [1.54, 1.807) is 0 Å². The lowest BCUT2D eigenvalue weighted by atomic mass is 9.49. The van der Waals surface area contributed by atoms with E-state index in [0.717, 1.165) is 19.3 Å². The number of carbonyl (C=O) groups excluding carboxylic acids is 2. The summed E-state index contributed by atoms with van der Waals surface area (Å²) in [7, 11) is 0. The lowest BCUT2D eigenvalue weighted by Crippen LogP contribution is -2.56. The van der Waals surface area contributed by atoms with E-state index < -0.39 is 53.1 Å². The average Bonchev–Trinajstić information content (AvgIpc) is 3.26. The zero-order valence-corrected chi connectivity index (χ0v) is 17.7. The SMILES string of the molecule is C[C@H](OC(=O)[C@H]1[C@@H]2C[C@H](F)[C@@](N)(C(=O)O)[C@@H]21)OC(=O)C12CC3CC(CC(C3)C1)C2.Cl. The Balaban J connectivity index is 0.00000218. The summed E-state index contributed by atoms with van der Waals surface area (Å²) in [6.07, 6.45) is 3.42. The van der Waals surface area contributed by atoms with Crippen molar-refractivity contribution in [2.45, 2.75) is 69.9 Å². The van der Waals surface area contributed by atoms with Gasteiger partial charge in [0.1, 0.15) is 11.7 Å². The predicted octanol–water partition coefficient (Wildman–Crippen LogP) is 2.44. The van der Waals surface area contributed by atoms with Gasteiger partial charge in [0, 0.05) is 12.8 Å². The number of hydrogen-bond donors (Lipinski definition) is 2. The van der Waals surface area contributed by atoms with Crippen LogP contribution < -0.4 is 5.73 Å². The zero-order chi connectivity index (χ0) is 20.7. The number of rotatable bonds is 5. The molecular weight excluding hydrogens is 417 g/mol. The third-order valence-corrected chi connectivity index (χ3v) is 8.39. The van der Waals surface area contributed by atoms with Crippen LogP contribution in [0.3, 0.4) is 0 Å². The van der Waals surface area contributed by atoms with Gasteiger partial charge in [-0.05, 0) is 68.6 Å². The first kappa shape index (κ1) is 21.8. The number of carboxylic acid groups (broad SMARTS) is 1. The smallest absolute Gasteiger partial charge is 0.327 e. The summed E-state index contributed by atoms with van der Waals surface area (Å²) >= 11 is 0. The van der Waals surface area contributed by atoms with Gasteiger partial charge in [0.2, 0.25) is 6.29 Å². The van der Waals surface area contributed by atoms with Crippen LogP contribution in [0.2, 0.25) is 0 Å². The minimum atomic E-state index is -2.05. The molecule has 9 heteroatoms. The molecule has 0 aliphatic heterocycles. The monoisotopic (exact) mass is 445 g/mol. The van der Waals surface area contributed by atoms with Crippen molar-refractivity contribution < 1.29 is 33.4 Å². The fraction of sp³-hybridized carbons (Fsp3) is 0.857. The zero-order valence-electron chi connectivity index (χ0n) is 16.9. The highest BCUT2D eigenvalue weighted by Crippen LogP contribution is 2.63. The van der Waals surface area contributed by atoms with E-state index in [-0.39, 0.29) is 24.8 Å². The summed E-state index contributed by atoms with van der Waals surface area (Å²) in [6.45, 7) is 1.50. The van der Waals surface area contributed by atoms with Crippen molar-refractivity contribution in [1.82, 2.24) is 0 Å². The number of ether oxygens (including phenoxy) is 2. The van der Waals surface area contributed by atoms with Crippen LogP contribution in [0.1, 0.15) is 51.9 Å². The summed E-state index contributed by atoms with van der Waals surface area (Å²) in [5, 5.41) is 9.31. The molecule has 7 nitrogen and oxygen atoms in total. The van der Waals surface area contributed by atoms with E-state index in [9.17, 15) is 23.9 Å². The van der Waals surface area contributed by atoms with Crippen LogP contribution in [0.4, 0.5) is 4.39 Å². The number of halogens is 2. The topological polar surface area (TPSA) is 116 Å². The molecule has 168 valence electrons. The molecule has 0 aromatic rings. The van der Waals surface area contributed by atoms with Gasteiger partial charge in [0.05, 0.1) is 11.3 Å². The second kappa shape index (κ2) is 7.05.